The van der Waals surface area contributed by atoms with E-state index in [9.17, 15) is 9.59 Å². The number of ketones is 1. The Bertz CT molecular complexity index is 380. The van der Waals surface area contributed by atoms with Crippen LogP contribution in [0.5, 0.6) is 0 Å². The van der Waals surface area contributed by atoms with Crippen molar-refractivity contribution in [3.63, 3.8) is 0 Å². The first-order valence-corrected chi connectivity index (χ1v) is 6.25. The third-order valence-electron chi connectivity index (χ3n) is 2.55. The number of hydrogen-bond donors (Lipinski definition) is 1. The van der Waals surface area contributed by atoms with Crippen LogP contribution in [0.2, 0.25) is 0 Å². The van der Waals surface area contributed by atoms with Gasteiger partial charge >= 0.3 is 6.09 Å². The fraction of sp³-hybridized carbons (Fsp3) is 0.714. The molecule has 1 saturated carbocycles. The fourth-order valence-corrected chi connectivity index (χ4v) is 1.61. The molecule has 1 rings (SSSR count). The topological polar surface area (TPSA) is 55.4 Å². The molecule has 1 unspecified atom stereocenters. The Labute approximate surface area is 108 Å². The Morgan fingerprint density at radius 2 is 2.00 bits per heavy atom. The van der Waals surface area contributed by atoms with Crippen molar-refractivity contribution in [1.82, 2.24) is 5.32 Å². The number of rotatable bonds is 4. The lowest BCUT2D eigenvalue weighted by molar-refractivity contribution is -0.120. The number of carbonyl (C=O) groups excluding carboxylic acids is 2. The number of ether oxygens (including phenoxy) is 1. The van der Waals surface area contributed by atoms with E-state index < -0.39 is 17.7 Å². The van der Waals surface area contributed by atoms with Gasteiger partial charge in [0.15, 0.2) is 5.78 Å². The molecule has 1 amide bonds. The van der Waals surface area contributed by atoms with Crippen LogP contribution in [-0.2, 0) is 9.53 Å². The van der Waals surface area contributed by atoms with Crippen molar-refractivity contribution in [2.24, 2.45) is 5.92 Å². The summed E-state index contributed by atoms with van der Waals surface area (Å²) in [7, 11) is 0. The molecule has 1 aliphatic carbocycles. The first-order chi connectivity index (χ1) is 8.33. The van der Waals surface area contributed by atoms with Gasteiger partial charge in [-0.15, -0.1) is 5.92 Å². The van der Waals surface area contributed by atoms with Crippen LogP contribution in [0, 0.1) is 17.8 Å². The summed E-state index contributed by atoms with van der Waals surface area (Å²) in [6.07, 6.45) is 1.61. The molecular weight excluding hydrogens is 230 g/mol. The molecule has 0 aliphatic heterocycles. The maximum atomic E-state index is 11.9. The zero-order valence-corrected chi connectivity index (χ0v) is 11.5. The van der Waals surface area contributed by atoms with E-state index in [1.807, 2.05) is 0 Å². The quantitative estimate of drug-likeness (QED) is 0.780. The van der Waals surface area contributed by atoms with Crippen molar-refractivity contribution < 1.29 is 14.3 Å². The molecule has 0 bridgehead atoms. The maximum absolute atomic E-state index is 11.9. The average molecular weight is 251 g/mol. The highest BCUT2D eigenvalue weighted by Gasteiger charge is 2.37. The standard InChI is InChI=1S/C14H21NO3/c1-5-6-7-11(16)12(10-8-9-10)15-13(17)18-14(2,3)4/h10,12H,7-9H2,1-4H3,(H,15,17). The first-order valence-electron chi connectivity index (χ1n) is 6.25. The molecule has 18 heavy (non-hydrogen) atoms. The van der Waals surface area contributed by atoms with Crippen molar-refractivity contribution in [2.45, 2.75) is 58.6 Å². The molecule has 4 nitrogen and oxygen atoms in total. The molecule has 0 radical (unpaired) electrons. The predicted molar refractivity (Wildman–Crippen MR) is 69.0 cm³/mol. The van der Waals surface area contributed by atoms with Gasteiger partial charge in [0.2, 0.25) is 0 Å². The minimum Gasteiger partial charge on any atom is -0.444 e. The number of alkyl carbamates (subject to hydrolysis) is 1. The zero-order chi connectivity index (χ0) is 13.8. The van der Waals surface area contributed by atoms with Gasteiger partial charge in [0, 0.05) is 0 Å². The van der Waals surface area contributed by atoms with Crippen molar-refractivity contribution in [2.75, 3.05) is 0 Å². The highest BCUT2D eigenvalue weighted by atomic mass is 16.6. The second-order valence-electron chi connectivity index (χ2n) is 5.53. The van der Waals surface area contributed by atoms with Crippen LogP contribution in [0.15, 0.2) is 0 Å². The second-order valence-corrected chi connectivity index (χ2v) is 5.53. The van der Waals surface area contributed by atoms with Crippen molar-refractivity contribution in [3.05, 3.63) is 0 Å². The summed E-state index contributed by atoms with van der Waals surface area (Å²) < 4.78 is 5.16. The normalized spacial score (nSPS) is 16.2. The third kappa shape index (κ3) is 5.22. The molecule has 0 aromatic heterocycles. The van der Waals surface area contributed by atoms with Crippen LogP contribution < -0.4 is 5.32 Å². The second kappa shape index (κ2) is 5.90. The lowest BCUT2D eigenvalue weighted by atomic mass is 10.1. The molecule has 1 atom stereocenters. The van der Waals surface area contributed by atoms with Crippen molar-refractivity contribution >= 4 is 11.9 Å². The predicted octanol–water partition coefficient (Wildman–Crippen LogP) is 2.27. The van der Waals surface area contributed by atoms with E-state index in [0.29, 0.717) is 0 Å². The van der Waals surface area contributed by atoms with E-state index in [4.69, 9.17) is 4.74 Å². The SMILES string of the molecule is CC#CCC(=O)C(NC(=O)OC(C)(C)C)C1CC1. The Morgan fingerprint density at radius 3 is 2.44 bits per heavy atom. The molecule has 1 aliphatic rings. The summed E-state index contributed by atoms with van der Waals surface area (Å²) in [5, 5.41) is 2.67. The van der Waals surface area contributed by atoms with Crippen LogP contribution >= 0.6 is 0 Å². The van der Waals surface area contributed by atoms with E-state index in [1.165, 1.54) is 0 Å². The van der Waals surface area contributed by atoms with Gasteiger partial charge in [-0.1, -0.05) is 5.92 Å². The lowest BCUT2D eigenvalue weighted by Crippen LogP contribution is -2.44. The molecule has 1 N–H and O–H groups in total. The van der Waals surface area contributed by atoms with Gasteiger partial charge in [-0.05, 0) is 46.5 Å². The van der Waals surface area contributed by atoms with Crippen LogP contribution in [-0.4, -0.2) is 23.5 Å². The lowest BCUT2D eigenvalue weighted by Gasteiger charge is -2.22. The minimum absolute atomic E-state index is 0.0299. The molecule has 4 heteroatoms. The minimum atomic E-state index is -0.551. The van der Waals surface area contributed by atoms with E-state index in [-0.39, 0.29) is 18.1 Å². The van der Waals surface area contributed by atoms with E-state index in [1.54, 1.807) is 27.7 Å². The van der Waals surface area contributed by atoms with E-state index in [2.05, 4.69) is 17.2 Å². The summed E-state index contributed by atoms with van der Waals surface area (Å²) >= 11 is 0. The number of amides is 1. The van der Waals surface area contributed by atoms with Gasteiger partial charge in [0.05, 0.1) is 12.5 Å². The van der Waals surface area contributed by atoms with Gasteiger partial charge in [0.25, 0.3) is 0 Å². The smallest absolute Gasteiger partial charge is 0.408 e. The van der Waals surface area contributed by atoms with Gasteiger partial charge in [-0.3, -0.25) is 4.79 Å². The Kier molecular flexibility index (Phi) is 4.77. The summed E-state index contributed by atoms with van der Waals surface area (Å²) in [6, 6.07) is -0.444. The van der Waals surface area contributed by atoms with Crippen LogP contribution in [0.25, 0.3) is 0 Å². The first kappa shape index (κ1) is 14.6. The highest BCUT2D eigenvalue weighted by Crippen LogP contribution is 2.33. The fourth-order valence-electron chi connectivity index (χ4n) is 1.61. The summed E-state index contributed by atoms with van der Waals surface area (Å²) in [5.74, 6) is 5.65. The molecular formula is C14H21NO3. The van der Waals surface area contributed by atoms with Gasteiger partial charge in [-0.2, -0.15) is 0 Å². The van der Waals surface area contributed by atoms with Crippen molar-refractivity contribution in [3.8, 4) is 11.8 Å². The molecule has 1 fully saturated rings. The van der Waals surface area contributed by atoms with E-state index >= 15 is 0 Å². The molecule has 0 heterocycles. The summed E-state index contributed by atoms with van der Waals surface area (Å²) in [5.41, 5.74) is -0.551. The number of Topliss-reactive ketones (excluding diaryl/α,β-unsaturated/α-hetero) is 1. The molecule has 0 aromatic rings. The molecule has 0 saturated heterocycles. The Morgan fingerprint density at radius 1 is 1.39 bits per heavy atom. The molecule has 0 spiro atoms. The van der Waals surface area contributed by atoms with Gasteiger partial charge in [0.1, 0.15) is 5.60 Å². The summed E-state index contributed by atoms with van der Waals surface area (Å²) in [6.45, 7) is 7.08. The third-order valence-corrected chi connectivity index (χ3v) is 2.55. The number of carbonyl (C=O) groups is 2. The zero-order valence-electron chi connectivity index (χ0n) is 11.5. The van der Waals surface area contributed by atoms with Gasteiger partial charge < -0.3 is 10.1 Å². The molecule has 0 aromatic carbocycles. The van der Waals surface area contributed by atoms with Crippen molar-refractivity contribution in [1.29, 1.82) is 0 Å². The van der Waals surface area contributed by atoms with E-state index in [0.717, 1.165) is 12.8 Å². The monoisotopic (exact) mass is 251 g/mol. The summed E-state index contributed by atoms with van der Waals surface area (Å²) in [4.78, 5) is 23.6. The highest BCUT2D eigenvalue weighted by molar-refractivity contribution is 5.89. The molecule has 100 valence electrons. The number of hydrogen-bond acceptors (Lipinski definition) is 3. The Hall–Kier alpha value is -1.50. The largest absolute Gasteiger partial charge is 0.444 e. The maximum Gasteiger partial charge on any atom is 0.408 e. The number of nitrogens with one attached hydrogen (secondary N) is 1. The Balaban J connectivity index is 2.54. The average Bonchev–Trinajstić information content (AvgIpc) is 3.03. The van der Waals surface area contributed by atoms with Crippen LogP contribution in [0.4, 0.5) is 4.79 Å². The van der Waals surface area contributed by atoms with Gasteiger partial charge in [-0.25, -0.2) is 4.79 Å². The van der Waals surface area contributed by atoms with Crippen LogP contribution in [0.3, 0.4) is 0 Å². The van der Waals surface area contributed by atoms with Crippen LogP contribution in [0.1, 0.15) is 47.0 Å².